The van der Waals surface area contributed by atoms with Crippen LogP contribution >= 0.6 is 11.3 Å². The predicted molar refractivity (Wildman–Crippen MR) is 88.6 cm³/mol. The number of nitrogens with zero attached hydrogens (tertiary/aromatic N) is 2. The van der Waals surface area contributed by atoms with Gasteiger partial charge in [0.05, 0.1) is 12.8 Å². The maximum absolute atomic E-state index is 12.0. The van der Waals surface area contributed by atoms with Crippen molar-refractivity contribution < 1.29 is 14.3 Å². The zero-order chi connectivity index (χ0) is 16.2. The molecule has 0 atom stereocenters. The van der Waals surface area contributed by atoms with Crippen LogP contribution in [-0.4, -0.2) is 22.6 Å². The molecular weight excluding hydrogens is 312 g/mol. The first-order valence-electron chi connectivity index (χ1n) is 7.04. The van der Waals surface area contributed by atoms with Crippen LogP contribution in [-0.2, 0) is 18.4 Å². The molecule has 0 amide bonds. The van der Waals surface area contributed by atoms with Crippen LogP contribution in [0, 0.1) is 0 Å². The van der Waals surface area contributed by atoms with Crippen molar-refractivity contribution in [3.8, 4) is 16.3 Å². The lowest BCUT2D eigenvalue weighted by atomic mass is 10.2. The fraction of sp³-hybridized carbons (Fsp3) is 0.176. The molecular formula is C17H16N2O3S. The van der Waals surface area contributed by atoms with Crippen LogP contribution in [0.4, 0.5) is 0 Å². The number of ether oxygens (including phenoxy) is 2. The monoisotopic (exact) mass is 328 g/mol. The van der Waals surface area contributed by atoms with Gasteiger partial charge in [0.1, 0.15) is 23.1 Å². The minimum absolute atomic E-state index is 0.157. The molecule has 0 spiro atoms. The molecule has 3 aromatic rings. The van der Waals surface area contributed by atoms with E-state index in [1.54, 1.807) is 37.1 Å². The highest BCUT2D eigenvalue weighted by molar-refractivity contribution is 7.13. The average Bonchev–Trinajstić information content (AvgIpc) is 3.21. The Morgan fingerprint density at radius 2 is 2.17 bits per heavy atom. The fourth-order valence-electron chi connectivity index (χ4n) is 2.15. The molecule has 6 heteroatoms. The van der Waals surface area contributed by atoms with E-state index < -0.39 is 0 Å². The molecule has 0 aliphatic carbocycles. The predicted octanol–water partition coefficient (Wildman–Crippen LogP) is 3.51. The third kappa shape index (κ3) is 3.43. The van der Waals surface area contributed by atoms with Crippen LogP contribution in [0.25, 0.3) is 10.6 Å². The number of carbonyl (C=O) groups is 1. The van der Waals surface area contributed by atoms with Gasteiger partial charge in [0.25, 0.3) is 0 Å². The minimum Gasteiger partial charge on any atom is -0.497 e. The highest BCUT2D eigenvalue weighted by Gasteiger charge is 2.12. The lowest BCUT2D eigenvalue weighted by molar-refractivity contribution is 0.0457. The van der Waals surface area contributed by atoms with Crippen LogP contribution in [0.2, 0.25) is 0 Å². The van der Waals surface area contributed by atoms with E-state index in [-0.39, 0.29) is 12.6 Å². The molecule has 0 bridgehead atoms. The highest BCUT2D eigenvalue weighted by atomic mass is 32.1. The van der Waals surface area contributed by atoms with Crippen molar-refractivity contribution in [3.05, 3.63) is 59.4 Å². The van der Waals surface area contributed by atoms with Gasteiger partial charge in [-0.15, -0.1) is 11.3 Å². The van der Waals surface area contributed by atoms with Gasteiger partial charge < -0.3 is 14.0 Å². The Kier molecular flexibility index (Phi) is 4.43. The van der Waals surface area contributed by atoms with Crippen LogP contribution in [0.1, 0.15) is 16.2 Å². The quantitative estimate of drug-likeness (QED) is 0.673. The summed E-state index contributed by atoms with van der Waals surface area (Å²) in [5, 5.41) is 2.77. The van der Waals surface area contributed by atoms with Crippen molar-refractivity contribution in [2.75, 3.05) is 7.11 Å². The molecule has 118 valence electrons. The van der Waals surface area contributed by atoms with Crippen molar-refractivity contribution in [2.45, 2.75) is 6.61 Å². The van der Waals surface area contributed by atoms with Crippen LogP contribution in [0.3, 0.4) is 0 Å². The van der Waals surface area contributed by atoms with E-state index in [2.05, 4.69) is 4.98 Å². The number of aryl methyl sites for hydroxylation is 1. The second kappa shape index (κ2) is 6.66. The Hall–Kier alpha value is -2.60. The zero-order valence-corrected chi connectivity index (χ0v) is 13.7. The van der Waals surface area contributed by atoms with E-state index in [9.17, 15) is 4.79 Å². The topological polar surface area (TPSA) is 53.4 Å². The largest absolute Gasteiger partial charge is 0.497 e. The van der Waals surface area contributed by atoms with E-state index in [1.807, 2.05) is 29.6 Å². The maximum atomic E-state index is 12.0. The van der Waals surface area contributed by atoms with Crippen molar-refractivity contribution in [2.24, 2.45) is 7.05 Å². The van der Waals surface area contributed by atoms with Gasteiger partial charge >= 0.3 is 5.97 Å². The van der Waals surface area contributed by atoms with Crippen LogP contribution < -0.4 is 4.74 Å². The lowest BCUT2D eigenvalue weighted by Gasteiger charge is -2.04. The number of aromatic nitrogens is 2. The van der Waals surface area contributed by atoms with Crippen molar-refractivity contribution in [3.63, 3.8) is 0 Å². The number of thiazole rings is 1. The van der Waals surface area contributed by atoms with Gasteiger partial charge in [0, 0.05) is 24.2 Å². The van der Waals surface area contributed by atoms with Crippen molar-refractivity contribution in [1.29, 1.82) is 0 Å². The second-order valence-corrected chi connectivity index (χ2v) is 5.81. The highest BCUT2D eigenvalue weighted by Crippen LogP contribution is 2.27. The molecule has 2 aromatic heterocycles. The first kappa shape index (κ1) is 15.3. The summed E-state index contributed by atoms with van der Waals surface area (Å²) in [6, 6.07) is 11.2. The Balaban J connectivity index is 1.68. The number of methoxy groups -OCH3 is 1. The van der Waals surface area contributed by atoms with Crippen molar-refractivity contribution in [1.82, 2.24) is 9.55 Å². The average molecular weight is 328 g/mol. The normalized spacial score (nSPS) is 10.5. The summed E-state index contributed by atoms with van der Waals surface area (Å²) in [6.45, 7) is 0.157. The van der Waals surface area contributed by atoms with E-state index in [4.69, 9.17) is 9.47 Å². The third-order valence-corrected chi connectivity index (χ3v) is 4.31. The lowest BCUT2D eigenvalue weighted by Crippen LogP contribution is -2.09. The molecule has 0 saturated heterocycles. The molecule has 1 aromatic carbocycles. The molecule has 2 heterocycles. The summed E-state index contributed by atoms with van der Waals surface area (Å²) in [4.78, 5) is 16.5. The Morgan fingerprint density at radius 1 is 1.30 bits per heavy atom. The van der Waals surface area contributed by atoms with E-state index in [0.29, 0.717) is 5.69 Å². The van der Waals surface area contributed by atoms with Gasteiger partial charge in [-0.05, 0) is 24.3 Å². The maximum Gasteiger partial charge on any atom is 0.355 e. The molecule has 3 rings (SSSR count). The molecule has 0 saturated carbocycles. The van der Waals surface area contributed by atoms with Gasteiger partial charge in [-0.3, -0.25) is 0 Å². The van der Waals surface area contributed by atoms with Gasteiger partial charge in [-0.25, -0.2) is 9.78 Å². The SMILES string of the molecule is COc1cccc(-c2nc(COC(=O)c3cccn3C)cs2)c1. The minimum atomic E-state index is -0.353. The Labute approximate surface area is 138 Å². The number of carbonyl (C=O) groups excluding carboxylic acids is 1. The summed E-state index contributed by atoms with van der Waals surface area (Å²) < 4.78 is 12.3. The number of esters is 1. The van der Waals surface area contributed by atoms with E-state index in [1.165, 1.54) is 11.3 Å². The smallest absolute Gasteiger partial charge is 0.355 e. The third-order valence-electron chi connectivity index (χ3n) is 3.37. The Bertz CT molecular complexity index is 823. The number of benzene rings is 1. The second-order valence-electron chi connectivity index (χ2n) is 4.96. The van der Waals surface area contributed by atoms with Crippen LogP contribution in [0.15, 0.2) is 48.0 Å². The Morgan fingerprint density at radius 3 is 2.91 bits per heavy atom. The first-order valence-corrected chi connectivity index (χ1v) is 7.92. The molecule has 0 aliphatic heterocycles. The van der Waals surface area contributed by atoms with Crippen LogP contribution in [0.5, 0.6) is 5.75 Å². The molecule has 0 fully saturated rings. The first-order chi connectivity index (χ1) is 11.2. The number of hydrogen-bond acceptors (Lipinski definition) is 5. The molecule has 0 N–H and O–H groups in total. The molecule has 0 radical (unpaired) electrons. The molecule has 0 aliphatic rings. The fourth-order valence-corrected chi connectivity index (χ4v) is 2.95. The van der Waals surface area contributed by atoms with Gasteiger partial charge in [-0.1, -0.05) is 12.1 Å². The molecule has 0 unspecified atom stereocenters. The summed E-state index contributed by atoms with van der Waals surface area (Å²) in [7, 11) is 3.44. The number of rotatable bonds is 5. The standard InChI is InChI=1S/C17H16N2O3S/c1-19-8-4-7-15(19)17(20)22-10-13-11-23-16(18-13)12-5-3-6-14(9-12)21-2/h3-9,11H,10H2,1-2H3. The van der Waals surface area contributed by atoms with Gasteiger partial charge in [-0.2, -0.15) is 0 Å². The summed E-state index contributed by atoms with van der Waals surface area (Å²) >= 11 is 1.51. The summed E-state index contributed by atoms with van der Waals surface area (Å²) in [5.74, 6) is 0.433. The van der Waals surface area contributed by atoms with E-state index >= 15 is 0 Å². The summed E-state index contributed by atoms with van der Waals surface area (Å²) in [6.07, 6.45) is 1.81. The van der Waals surface area contributed by atoms with Gasteiger partial charge in [0.2, 0.25) is 0 Å². The molecule has 5 nitrogen and oxygen atoms in total. The molecule has 23 heavy (non-hydrogen) atoms. The summed E-state index contributed by atoms with van der Waals surface area (Å²) in [5.41, 5.74) is 2.23. The van der Waals surface area contributed by atoms with Gasteiger partial charge in [0.15, 0.2) is 0 Å². The van der Waals surface area contributed by atoms with Crippen molar-refractivity contribution >= 4 is 17.3 Å². The van der Waals surface area contributed by atoms with E-state index in [0.717, 1.165) is 22.0 Å². The zero-order valence-electron chi connectivity index (χ0n) is 12.9. The number of hydrogen-bond donors (Lipinski definition) is 0.